The molecule has 2 aliphatic heterocycles. The highest BCUT2D eigenvalue weighted by molar-refractivity contribution is 7.13. The molecular weight excluding hydrogens is 344 g/mol. The van der Waals surface area contributed by atoms with Crippen molar-refractivity contribution in [1.29, 1.82) is 0 Å². The lowest BCUT2D eigenvalue weighted by Gasteiger charge is -2.47. The molecule has 1 saturated carbocycles. The predicted molar refractivity (Wildman–Crippen MR) is 89.7 cm³/mol. The van der Waals surface area contributed by atoms with Crippen molar-refractivity contribution in [3.63, 3.8) is 0 Å². The van der Waals surface area contributed by atoms with Crippen LogP contribution in [-0.2, 0) is 9.59 Å². The Morgan fingerprint density at radius 3 is 2.96 bits per heavy atom. The first-order chi connectivity index (χ1) is 12.0. The van der Waals surface area contributed by atoms with Gasteiger partial charge in [-0.25, -0.2) is 4.79 Å². The zero-order valence-corrected chi connectivity index (χ0v) is 14.6. The second-order valence-electron chi connectivity index (χ2n) is 6.93. The number of carbonyl (C=O) groups is 2. The van der Waals surface area contributed by atoms with Crippen LogP contribution in [-0.4, -0.2) is 55.9 Å². The van der Waals surface area contributed by atoms with E-state index in [-0.39, 0.29) is 29.5 Å². The number of anilines is 1. The van der Waals surface area contributed by atoms with E-state index in [4.69, 9.17) is 0 Å². The van der Waals surface area contributed by atoms with Crippen molar-refractivity contribution in [1.82, 2.24) is 15.1 Å². The van der Waals surface area contributed by atoms with E-state index in [1.165, 1.54) is 16.2 Å². The van der Waals surface area contributed by atoms with Gasteiger partial charge >= 0.3 is 5.97 Å². The summed E-state index contributed by atoms with van der Waals surface area (Å²) in [6.45, 7) is 2.18. The van der Waals surface area contributed by atoms with Crippen LogP contribution >= 0.6 is 11.3 Å². The molecule has 1 saturated heterocycles. The number of carbonyl (C=O) groups excluding carboxylic acids is 1. The lowest BCUT2D eigenvalue weighted by Crippen LogP contribution is -2.64. The fraction of sp³-hybridized carbons (Fsp3) is 0.625. The van der Waals surface area contributed by atoms with E-state index in [1.54, 1.807) is 12.4 Å². The highest BCUT2D eigenvalue weighted by Crippen LogP contribution is 2.53. The van der Waals surface area contributed by atoms with Crippen molar-refractivity contribution in [2.24, 2.45) is 17.8 Å². The molecule has 4 rings (SSSR count). The van der Waals surface area contributed by atoms with Crippen LogP contribution in [0.15, 0.2) is 16.8 Å². The molecule has 3 heterocycles. The number of nitrogens with zero attached hydrogens (tertiary/aromatic N) is 3. The number of aromatic nitrogens is 2. The van der Waals surface area contributed by atoms with Crippen LogP contribution in [0.3, 0.4) is 0 Å². The number of nitrogens with one attached hydrogen (secondary N) is 1. The van der Waals surface area contributed by atoms with E-state index in [9.17, 15) is 19.8 Å². The molecule has 0 spiro atoms. The van der Waals surface area contributed by atoms with Crippen molar-refractivity contribution in [3.05, 3.63) is 16.8 Å². The van der Waals surface area contributed by atoms with Gasteiger partial charge in [-0.2, -0.15) is 0 Å². The fourth-order valence-electron chi connectivity index (χ4n) is 4.67. The molecule has 0 aromatic carbocycles. The van der Waals surface area contributed by atoms with Gasteiger partial charge < -0.3 is 20.4 Å². The third-order valence-electron chi connectivity index (χ3n) is 5.60. The lowest BCUT2D eigenvalue weighted by atomic mass is 9.69. The highest BCUT2D eigenvalue weighted by atomic mass is 32.1. The molecule has 3 aliphatic rings. The number of aliphatic carboxylic acids is 1. The van der Waals surface area contributed by atoms with Gasteiger partial charge in [-0.15, -0.1) is 10.2 Å². The summed E-state index contributed by atoms with van der Waals surface area (Å²) in [5.41, 5.74) is 2.64. The lowest BCUT2D eigenvalue weighted by molar-refractivity contribution is -0.163. The number of amides is 1. The van der Waals surface area contributed by atoms with E-state index in [2.05, 4.69) is 15.5 Å². The molecule has 2 fully saturated rings. The Balaban J connectivity index is 1.64. The van der Waals surface area contributed by atoms with Crippen LogP contribution in [0.1, 0.15) is 26.2 Å². The molecule has 9 heteroatoms. The first kappa shape index (κ1) is 16.5. The Morgan fingerprint density at radius 1 is 1.52 bits per heavy atom. The Bertz CT molecular complexity index is 733. The minimum atomic E-state index is -1.05. The summed E-state index contributed by atoms with van der Waals surface area (Å²) in [5.74, 6) is -1.75. The molecule has 1 amide bonds. The van der Waals surface area contributed by atoms with E-state index in [0.717, 1.165) is 24.8 Å². The van der Waals surface area contributed by atoms with E-state index in [0.29, 0.717) is 11.7 Å². The molecular formula is C16H20N4O4S. The van der Waals surface area contributed by atoms with Gasteiger partial charge in [0.2, 0.25) is 11.0 Å². The van der Waals surface area contributed by atoms with Crippen LogP contribution in [0.4, 0.5) is 5.13 Å². The summed E-state index contributed by atoms with van der Waals surface area (Å²) >= 11 is 1.40. The average molecular weight is 364 g/mol. The maximum Gasteiger partial charge on any atom is 0.352 e. The molecule has 1 aliphatic carbocycles. The quantitative estimate of drug-likeness (QED) is 0.666. The second kappa shape index (κ2) is 6.06. The maximum absolute atomic E-state index is 12.4. The maximum atomic E-state index is 12.4. The summed E-state index contributed by atoms with van der Waals surface area (Å²) < 4.78 is 0. The average Bonchev–Trinajstić information content (AvgIpc) is 3.17. The molecule has 5 atom stereocenters. The molecule has 0 bridgehead atoms. The Kier molecular flexibility index (Phi) is 3.99. The van der Waals surface area contributed by atoms with Crippen molar-refractivity contribution in [2.75, 3.05) is 11.9 Å². The molecule has 0 radical (unpaired) electrons. The van der Waals surface area contributed by atoms with Gasteiger partial charge in [0, 0.05) is 18.4 Å². The number of hydrogen-bond donors (Lipinski definition) is 3. The monoisotopic (exact) mass is 364 g/mol. The smallest absolute Gasteiger partial charge is 0.352 e. The number of carboxylic acid groups (broad SMARTS) is 1. The van der Waals surface area contributed by atoms with Crippen LogP contribution in [0.2, 0.25) is 0 Å². The Hall–Kier alpha value is -2.00. The van der Waals surface area contributed by atoms with Gasteiger partial charge in [-0.3, -0.25) is 4.79 Å². The Labute approximate surface area is 148 Å². The van der Waals surface area contributed by atoms with Gasteiger partial charge in [0.25, 0.3) is 0 Å². The summed E-state index contributed by atoms with van der Waals surface area (Å²) in [7, 11) is 0. The first-order valence-electron chi connectivity index (χ1n) is 8.49. The van der Waals surface area contributed by atoms with Gasteiger partial charge in [-0.1, -0.05) is 17.8 Å². The number of carboxylic acids is 1. The number of rotatable bonds is 5. The van der Waals surface area contributed by atoms with Gasteiger partial charge in [0.05, 0.1) is 18.1 Å². The minimum absolute atomic E-state index is 0.0263. The van der Waals surface area contributed by atoms with Crippen molar-refractivity contribution < 1.29 is 19.8 Å². The number of aliphatic hydroxyl groups excluding tert-OH is 1. The molecule has 25 heavy (non-hydrogen) atoms. The molecule has 1 aromatic rings. The van der Waals surface area contributed by atoms with Gasteiger partial charge in [-0.05, 0) is 25.3 Å². The molecule has 8 nitrogen and oxygen atoms in total. The van der Waals surface area contributed by atoms with E-state index >= 15 is 0 Å². The number of aliphatic hydroxyl groups is 1. The first-order valence-corrected chi connectivity index (χ1v) is 9.37. The van der Waals surface area contributed by atoms with Gasteiger partial charge in [0.15, 0.2) is 0 Å². The molecule has 3 N–H and O–H groups in total. The van der Waals surface area contributed by atoms with E-state index < -0.39 is 18.0 Å². The van der Waals surface area contributed by atoms with Gasteiger partial charge in [0.1, 0.15) is 11.2 Å². The van der Waals surface area contributed by atoms with E-state index in [1.807, 2.05) is 0 Å². The van der Waals surface area contributed by atoms with Crippen LogP contribution < -0.4 is 5.32 Å². The van der Waals surface area contributed by atoms with Crippen LogP contribution in [0, 0.1) is 17.8 Å². The SMILES string of the molecule is C[C@@H](O)[C@H]1C(=O)N2C(C(=O)O)=C3[C@H](CNc4nncs4)CCC[C@@H]3[C@H]12. The van der Waals surface area contributed by atoms with Crippen LogP contribution in [0.5, 0.6) is 0 Å². The van der Waals surface area contributed by atoms with Crippen molar-refractivity contribution in [3.8, 4) is 0 Å². The largest absolute Gasteiger partial charge is 0.477 e. The number of β-lactam (4-membered cyclic amide) rings is 1. The zero-order valence-electron chi connectivity index (χ0n) is 13.8. The Morgan fingerprint density at radius 2 is 2.32 bits per heavy atom. The summed E-state index contributed by atoms with van der Waals surface area (Å²) in [6.07, 6.45) is 1.96. The molecule has 1 aromatic heterocycles. The summed E-state index contributed by atoms with van der Waals surface area (Å²) in [5, 5.41) is 31.4. The van der Waals surface area contributed by atoms with Crippen molar-refractivity contribution >= 4 is 28.3 Å². The van der Waals surface area contributed by atoms with Crippen molar-refractivity contribution in [2.45, 2.75) is 38.3 Å². The molecule has 0 unspecified atom stereocenters. The predicted octanol–water partition coefficient (Wildman–Crippen LogP) is 0.926. The third-order valence-corrected chi connectivity index (χ3v) is 6.25. The second-order valence-corrected chi connectivity index (χ2v) is 7.77. The number of fused-ring (bicyclic) bond motifs is 3. The van der Waals surface area contributed by atoms with Crippen LogP contribution in [0.25, 0.3) is 0 Å². The summed E-state index contributed by atoms with van der Waals surface area (Å²) in [4.78, 5) is 25.7. The number of hydrogen-bond acceptors (Lipinski definition) is 7. The minimum Gasteiger partial charge on any atom is -0.477 e. The topological polar surface area (TPSA) is 116 Å². The standard InChI is InChI=1S/C16H20N4O4S/c1-7(21)10-12-9-4-2-3-8(5-17-16-19-18-6-25-16)11(9)13(15(23)24)20(12)14(10)22/h6-10,12,21H,2-5H2,1H3,(H,17,19)(H,23,24)/t7-,8+,9+,10-,12-/m1/s1. The third kappa shape index (κ3) is 2.44. The highest BCUT2D eigenvalue weighted by Gasteiger charge is 2.62. The zero-order chi connectivity index (χ0) is 17.7. The summed E-state index contributed by atoms with van der Waals surface area (Å²) in [6, 6.07) is -0.210. The fourth-order valence-corrected chi connectivity index (χ4v) is 5.13. The molecule has 134 valence electrons. The normalized spacial score (nSPS) is 32.1.